The van der Waals surface area contributed by atoms with E-state index in [2.05, 4.69) is 10.6 Å². The molecule has 0 unspecified atom stereocenters. The van der Waals surface area contributed by atoms with Crippen LogP contribution in [0.2, 0.25) is 5.02 Å². The molecule has 1 atom stereocenters. The lowest BCUT2D eigenvalue weighted by Crippen LogP contribution is -2.45. The zero-order valence-corrected chi connectivity index (χ0v) is 9.79. The fourth-order valence-corrected chi connectivity index (χ4v) is 1.49. The second-order valence-corrected chi connectivity index (χ2v) is 3.73. The zero-order valence-electron chi connectivity index (χ0n) is 9.03. The molecule has 1 rings (SSSR count). The van der Waals surface area contributed by atoms with Gasteiger partial charge in [-0.1, -0.05) is 29.8 Å². The van der Waals surface area contributed by atoms with Crippen molar-refractivity contribution in [2.45, 2.75) is 12.6 Å². The molecule has 0 fully saturated rings. The molecule has 1 aromatic carbocycles. The molecular formula is C11H15ClN2O2. The molecule has 3 N–H and O–H groups in total. The summed E-state index contributed by atoms with van der Waals surface area (Å²) < 4.78 is 0. The molecule has 0 heterocycles. The molecule has 0 bridgehead atoms. The van der Waals surface area contributed by atoms with Crippen molar-refractivity contribution in [3.8, 4) is 0 Å². The van der Waals surface area contributed by atoms with Crippen LogP contribution in [0.3, 0.4) is 0 Å². The first-order valence-electron chi connectivity index (χ1n) is 4.98. The lowest BCUT2D eigenvalue weighted by molar-refractivity contribution is -0.123. The molecule has 0 radical (unpaired) electrons. The first-order valence-corrected chi connectivity index (χ1v) is 5.36. The van der Waals surface area contributed by atoms with E-state index in [0.29, 0.717) is 11.6 Å². The average molecular weight is 243 g/mol. The third-order valence-corrected chi connectivity index (χ3v) is 2.61. The van der Waals surface area contributed by atoms with Crippen molar-refractivity contribution >= 4 is 17.5 Å². The van der Waals surface area contributed by atoms with E-state index >= 15 is 0 Å². The smallest absolute Gasteiger partial charge is 0.239 e. The van der Waals surface area contributed by atoms with Crippen LogP contribution in [-0.2, 0) is 11.3 Å². The summed E-state index contributed by atoms with van der Waals surface area (Å²) in [5.74, 6) is -0.241. The van der Waals surface area contributed by atoms with E-state index in [-0.39, 0.29) is 12.5 Å². The van der Waals surface area contributed by atoms with Gasteiger partial charge in [-0.3, -0.25) is 10.1 Å². The lowest BCUT2D eigenvalue weighted by Gasteiger charge is -2.15. The second-order valence-electron chi connectivity index (χ2n) is 3.32. The number of likely N-dealkylation sites (N-methyl/N-ethyl adjacent to an activating group) is 1. The maximum atomic E-state index is 11.3. The number of nitrogens with one attached hydrogen (secondary N) is 2. The summed E-state index contributed by atoms with van der Waals surface area (Å²) >= 11 is 5.96. The Morgan fingerprint density at radius 2 is 2.19 bits per heavy atom. The Morgan fingerprint density at radius 3 is 2.75 bits per heavy atom. The van der Waals surface area contributed by atoms with E-state index in [0.717, 1.165) is 5.56 Å². The molecule has 0 aromatic heterocycles. The van der Waals surface area contributed by atoms with Crippen molar-refractivity contribution in [2.24, 2.45) is 0 Å². The number of carbonyl (C=O) groups is 1. The van der Waals surface area contributed by atoms with Gasteiger partial charge in [-0.15, -0.1) is 0 Å². The molecule has 4 nitrogen and oxygen atoms in total. The Kier molecular flexibility index (Phi) is 5.25. The van der Waals surface area contributed by atoms with Crippen molar-refractivity contribution < 1.29 is 9.90 Å². The van der Waals surface area contributed by atoms with Gasteiger partial charge in [0.1, 0.15) is 6.04 Å². The van der Waals surface area contributed by atoms with Gasteiger partial charge in [-0.2, -0.15) is 0 Å². The van der Waals surface area contributed by atoms with Crippen molar-refractivity contribution in [2.75, 3.05) is 13.7 Å². The molecular weight excluding hydrogens is 228 g/mol. The number of hydrogen-bond donors (Lipinski definition) is 3. The van der Waals surface area contributed by atoms with E-state index in [9.17, 15) is 4.79 Å². The highest BCUT2D eigenvalue weighted by Crippen LogP contribution is 2.14. The van der Waals surface area contributed by atoms with E-state index in [1.54, 1.807) is 6.07 Å². The number of aliphatic hydroxyl groups excluding tert-OH is 1. The van der Waals surface area contributed by atoms with Crippen LogP contribution in [0.25, 0.3) is 0 Å². The second kappa shape index (κ2) is 6.48. The van der Waals surface area contributed by atoms with Crippen LogP contribution in [0, 0.1) is 0 Å². The standard InChI is InChI=1S/C11H15ClN2O2/c1-13-11(16)10(7-15)14-6-8-4-2-3-5-9(8)12/h2-5,10,14-15H,6-7H2,1H3,(H,13,16)/t10-/m0/s1. The van der Waals surface area contributed by atoms with Gasteiger partial charge in [-0.25, -0.2) is 0 Å². The number of carbonyl (C=O) groups excluding carboxylic acids is 1. The third kappa shape index (κ3) is 3.48. The molecule has 0 spiro atoms. The summed E-state index contributed by atoms with van der Waals surface area (Å²) in [5.41, 5.74) is 0.895. The summed E-state index contributed by atoms with van der Waals surface area (Å²) in [6.45, 7) is 0.197. The van der Waals surface area contributed by atoms with Crippen molar-refractivity contribution in [3.63, 3.8) is 0 Å². The fourth-order valence-electron chi connectivity index (χ4n) is 1.29. The van der Waals surface area contributed by atoms with Crippen molar-refractivity contribution in [3.05, 3.63) is 34.9 Å². The maximum Gasteiger partial charge on any atom is 0.239 e. The summed E-state index contributed by atoms with van der Waals surface area (Å²) in [6, 6.07) is 6.76. The van der Waals surface area contributed by atoms with E-state index in [4.69, 9.17) is 16.7 Å². The zero-order chi connectivity index (χ0) is 12.0. The number of hydrogen-bond acceptors (Lipinski definition) is 3. The monoisotopic (exact) mass is 242 g/mol. The topological polar surface area (TPSA) is 61.4 Å². The van der Waals surface area contributed by atoms with Crippen molar-refractivity contribution in [1.29, 1.82) is 0 Å². The summed E-state index contributed by atoms with van der Waals surface area (Å²) in [7, 11) is 1.53. The van der Waals surface area contributed by atoms with Gasteiger partial charge in [0, 0.05) is 18.6 Å². The van der Waals surface area contributed by atoms with Gasteiger partial charge in [0.25, 0.3) is 0 Å². The minimum Gasteiger partial charge on any atom is -0.394 e. The molecule has 5 heteroatoms. The van der Waals surface area contributed by atoms with Gasteiger partial charge < -0.3 is 10.4 Å². The molecule has 1 aromatic rings. The van der Waals surface area contributed by atoms with Gasteiger partial charge in [-0.05, 0) is 11.6 Å². The molecule has 0 aliphatic rings. The Hall–Kier alpha value is -1.10. The Labute approximate surface area is 99.6 Å². The number of amides is 1. The largest absolute Gasteiger partial charge is 0.394 e. The van der Waals surface area contributed by atoms with Gasteiger partial charge in [0.15, 0.2) is 0 Å². The van der Waals surface area contributed by atoms with Gasteiger partial charge in [0.05, 0.1) is 6.61 Å². The Morgan fingerprint density at radius 1 is 1.50 bits per heavy atom. The normalized spacial score (nSPS) is 12.2. The van der Waals surface area contributed by atoms with E-state index < -0.39 is 6.04 Å². The summed E-state index contributed by atoms with van der Waals surface area (Å²) in [4.78, 5) is 11.3. The van der Waals surface area contributed by atoms with Gasteiger partial charge >= 0.3 is 0 Å². The lowest BCUT2D eigenvalue weighted by atomic mass is 10.2. The highest BCUT2D eigenvalue weighted by molar-refractivity contribution is 6.31. The van der Waals surface area contributed by atoms with Crippen LogP contribution in [0.1, 0.15) is 5.56 Å². The minimum absolute atomic E-state index is 0.241. The molecule has 0 aliphatic heterocycles. The first kappa shape index (κ1) is 13.0. The van der Waals surface area contributed by atoms with Gasteiger partial charge in [0.2, 0.25) is 5.91 Å². The van der Waals surface area contributed by atoms with Crippen LogP contribution >= 0.6 is 11.6 Å². The maximum absolute atomic E-state index is 11.3. The first-order chi connectivity index (χ1) is 7.69. The predicted octanol–water partition coefficient (Wildman–Crippen LogP) is 0.537. The number of halogens is 1. The number of rotatable bonds is 5. The summed E-state index contributed by atoms with van der Waals surface area (Å²) in [6.07, 6.45) is 0. The number of benzene rings is 1. The molecule has 16 heavy (non-hydrogen) atoms. The molecule has 0 aliphatic carbocycles. The van der Waals surface area contributed by atoms with E-state index in [1.807, 2.05) is 18.2 Å². The molecule has 88 valence electrons. The Bertz CT molecular complexity index is 358. The highest BCUT2D eigenvalue weighted by atomic mass is 35.5. The molecule has 0 saturated carbocycles. The average Bonchev–Trinajstić information content (AvgIpc) is 2.31. The fraction of sp³-hybridized carbons (Fsp3) is 0.364. The highest BCUT2D eigenvalue weighted by Gasteiger charge is 2.15. The summed E-state index contributed by atoms with van der Waals surface area (Å²) in [5, 5.41) is 15.1. The number of aliphatic hydroxyl groups is 1. The van der Waals surface area contributed by atoms with Crippen LogP contribution in [0.15, 0.2) is 24.3 Å². The quantitative estimate of drug-likeness (QED) is 0.706. The SMILES string of the molecule is CNC(=O)[C@H](CO)NCc1ccccc1Cl. The van der Waals surface area contributed by atoms with Crippen LogP contribution in [0.4, 0.5) is 0 Å². The predicted molar refractivity (Wildman–Crippen MR) is 63.2 cm³/mol. The third-order valence-electron chi connectivity index (χ3n) is 2.24. The van der Waals surface area contributed by atoms with Crippen LogP contribution in [0.5, 0.6) is 0 Å². The van der Waals surface area contributed by atoms with Crippen LogP contribution in [-0.4, -0.2) is 30.7 Å². The molecule has 0 saturated heterocycles. The Balaban J connectivity index is 2.56. The van der Waals surface area contributed by atoms with Crippen molar-refractivity contribution in [1.82, 2.24) is 10.6 Å². The molecule has 1 amide bonds. The van der Waals surface area contributed by atoms with Crippen LogP contribution < -0.4 is 10.6 Å². The minimum atomic E-state index is -0.610. The van der Waals surface area contributed by atoms with E-state index in [1.165, 1.54) is 7.05 Å².